The number of hydrogen-bond donors (Lipinski definition) is 0. The van der Waals surface area contributed by atoms with Gasteiger partial charge in [0.25, 0.3) is 5.91 Å². The van der Waals surface area contributed by atoms with Gasteiger partial charge in [-0.05, 0) is 25.6 Å². The predicted molar refractivity (Wildman–Crippen MR) is 71.9 cm³/mol. The molecule has 18 heavy (non-hydrogen) atoms. The van der Waals surface area contributed by atoms with E-state index in [0.717, 1.165) is 26.2 Å². The Morgan fingerprint density at radius 3 is 2.89 bits per heavy atom. The summed E-state index contributed by atoms with van der Waals surface area (Å²) in [5, 5.41) is 0.362. The molecule has 1 aromatic rings. The topological polar surface area (TPSA) is 36.4 Å². The Kier molecular flexibility index (Phi) is 4.19. The lowest BCUT2D eigenvalue weighted by molar-refractivity contribution is 0.0523. The van der Waals surface area contributed by atoms with Gasteiger partial charge in [0, 0.05) is 25.7 Å². The molecule has 1 aliphatic heterocycles. The normalized spacial score (nSPS) is 21.1. The van der Waals surface area contributed by atoms with Crippen LogP contribution in [0.3, 0.4) is 0 Å². The van der Waals surface area contributed by atoms with Gasteiger partial charge in [-0.2, -0.15) is 0 Å². The monoisotopic (exact) mass is 267 g/mol. The fourth-order valence-electron chi connectivity index (χ4n) is 2.34. The third kappa shape index (κ3) is 2.82. The van der Waals surface area contributed by atoms with E-state index in [2.05, 4.69) is 23.7 Å². The molecule has 0 saturated carbocycles. The average Bonchev–Trinajstić information content (AvgIpc) is 2.37. The minimum Gasteiger partial charge on any atom is -0.334 e. The molecule has 0 aliphatic carbocycles. The summed E-state index contributed by atoms with van der Waals surface area (Å²) in [6, 6.07) is 5.54. The molecule has 1 fully saturated rings. The number of halogens is 1. The number of nitrogens with zero attached hydrogens (tertiary/aromatic N) is 3. The van der Waals surface area contributed by atoms with Crippen molar-refractivity contribution >= 4 is 17.5 Å². The smallest absolute Gasteiger partial charge is 0.272 e. The van der Waals surface area contributed by atoms with E-state index in [1.165, 1.54) is 0 Å². The first-order valence-corrected chi connectivity index (χ1v) is 6.65. The fraction of sp³-hybridized carbons (Fsp3) is 0.538. The number of rotatable bonds is 2. The van der Waals surface area contributed by atoms with E-state index in [-0.39, 0.29) is 5.91 Å². The van der Waals surface area contributed by atoms with Crippen LogP contribution >= 0.6 is 11.6 Å². The van der Waals surface area contributed by atoms with Gasteiger partial charge in [-0.1, -0.05) is 24.6 Å². The van der Waals surface area contributed by atoms with Crippen LogP contribution in [0.4, 0.5) is 0 Å². The lowest BCUT2D eigenvalue weighted by Gasteiger charge is -2.39. The SMILES string of the molecule is CCN1CCN(C(=O)c2cccc(Cl)n2)CC1C. The number of likely N-dealkylation sites (N-methyl/N-ethyl adjacent to an activating group) is 1. The molecule has 1 atom stereocenters. The summed E-state index contributed by atoms with van der Waals surface area (Å²) >= 11 is 5.81. The highest BCUT2D eigenvalue weighted by molar-refractivity contribution is 6.29. The van der Waals surface area contributed by atoms with E-state index in [4.69, 9.17) is 11.6 Å². The van der Waals surface area contributed by atoms with E-state index in [0.29, 0.717) is 16.9 Å². The van der Waals surface area contributed by atoms with Crippen LogP contribution in [0, 0.1) is 0 Å². The molecule has 0 radical (unpaired) electrons. The van der Waals surface area contributed by atoms with Gasteiger partial charge < -0.3 is 4.90 Å². The molecule has 1 amide bonds. The Morgan fingerprint density at radius 1 is 1.50 bits per heavy atom. The average molecular weight is 268 g/mol. The maximum Gasteiger partial charge on any atom is 0.272 e. The number of piperazine rings is 1. The maximum absolute atomic E-state index is 12.3. The molecular formula is C13H18ClN3O. The fourth-order valence-corrected chi connectivity index (χ4v) is 2.50. The molecule has 4 nitrogen and oxygen atoms in total. The number of hydrogen-bond acceptors (Lipinski definition) is 3. The van der Waals surface area contributed by atoms with Gasteiger partial charge in [0.2, 0.25) is 0 Å². The summed E-state index contributed by atoms with van der Waals surface area (Å²) in [7, 11) is 0. The first-order chi connectivity index (χ1) is 8.61. The van der Waals surface area contributed by atoms with E-state index in [1.54, 1.807) is 18.2 Å². The van der Waals surface area contributed by atoms with E-state index in [9.17, 15) is 4.79 Å². The Labute approximate surface area is 113 Å². The Morgan fingerprint density at radius 2 is 2.28 bits per heavy atom. The second-order valence-corrected chi connectivity index (χ2v) is 4.96. The van der Waals surface area contributed by atoms with Crippen molar-refractivity contribution in [1.82, 2.24) is 14.8 Å². The van der Waals surface area contributed by atoms with Crippen molar-refractivity contribution in [2.75, 3.05) is 26.2 Å². The molecule has 5 heteroatoms. The summed E-state index contributed by atoms with van der Waals surface area (Å²) in [6.45, 7) is 7.75. The first-order valence-electron chi connectivity index (χ1n) is 6.27. The summed E-state index contributed by atoms with van der Waals surface area (Å²) in [5.74, 6) is -0.0277. The number of pyridine rings is 1. The lowest BCUT2D eigenvalue weighted by atomic mass is 10.2. The molecular weight excluding hydrogens is 250 g/mol. The van der Waals surface area contributed by atoms with Crippen LogP contribution in [0.1, 0.15) is 24.3 Å². The van der Waals surface area contributed by atoms with Crippen LogP contribution in [0.5, 0.6) is 0 Å². The molecule has 2 heterocycles. The number of carbonyl (C=O) groups is 1. The van der Waals surface area contributed by atoms with Crippen molar-refractivity contribution < 1.29 is 4.79 Å². The molecule has 0 bridgehead atoms. The van der Waals surface area contributed by atoms with E-state index < -0.39 is 0 Å². The highest BCUT2D eigenvalue weighted by Gasteiger charge is 2.26. The van der Waals surface area contributed by atoms with Gasteiger partial charge >= 0.3 is 0 Å². The Hall–Kier alpha value is -1.13. The largest absolute Gasteiger partial charge is 0.334 e. The third-order valence-corrected chi connectivity index (χ3v) is 3.60. The molecule has 0 spiro atoms. The third-order valence-electron chi connectivity index (χ3n) is 3.39. The van der Waals surface area contributed by atoms with Crippen molar-refractivity contribution in [3.8, 4) is 0 Å². The Bertz CT molecular complexity index is 438. The van der Waals surface area contributed by atoms with Crippen molar-refractivity contribution in [2.45, 2.75) is 19.9 Å². The van der Waals surface area contributed by atoms with Crippen LogP contribution in [-0.4, -0.2) is 52.9 Å². The summed E-state index contributed by atoms with van der Waals surface area (Å²) in [4.78, 5) is 20.6. The first kappa shape index (κ1) is 13.3. The van der Waals surface area contributed by atoms with Crippen molar-refractivity contribution in [3.63, 3.8) is 0 Å². The number of aromatic nitrogens is 1. The van der Waals surface area contributed by atoms with Gasteiger partial charge in [-0.15, -0.1) is 0 Å². The Balaban J connectivity index is 2.07. The zero-order chi connectivity index (χ0) is 13.1. The zero-order valence-electron chi connectivity index (χ0n) is 10.8. The lowest BCUT2D eigenvalue weighted by Crippen LogP contribution is -2.53. The summed E-state index contributed by atoms with van der Waals surface area (Å²) in [5.41, 5.74) is 0.430. The van der Waals surface area contributed by atoms with Crippen molar-refractivity contribution in [3.05, 3.63) is 29.0 Å². The van der Waals surface area contributed by atoms with Gasteiger partial charge in [-0.25, -0.2) is 4.98 Å². The summed E-state index contributed by atoms with van der Waals surface area (Å²) in [6.07, 6.45) is 0. The van der Waals surface area contributed by atoms with Crippen molar-refractivity contribution in [2.24, 2.45) is 0 Å². The molecule has 2 rings (SSSR count). The van der Waals surface area contributed by atoms with E-state index >= 15 is 0 Å². The predicted octanol–water partition coefficient (Wildman–Crippen LogP) is 1.90. The van der Waals surface area contributed by atoms with Crippen molar-refractivity contribution in [1.29, 1.82) is 0 Å². The molecule has 1 aromatic heterocycles. The van der Waals surface area contributed by atoms with Gasteiger partial charge in [-0.3, -0.25) is 9.69 Å². The van der Waals surface area contributed by atoms with Crippen LogP contribution in [0.25, 0.3) is 0 Å². The van der Waals surface area contributed by atoms with Crippen LogP contribution in [-0.2, 0) is 0 Å². The van der Waals surface area contributed by atoms with Gasteiger partial charge in [0.05, 0.1) is 0 Å². The molecule has 0 aromatic carbocycles. The minimum atomic E-state index is -0.0277. The standard InChI is InChI=1S/C13H18ClN3O/c1-3-16-7-8-17(9-10(16)2)13(18)11-5-4-6-12(14)15-11/h4-6,10H,3,7-9H2,1-2H3. The number of carbonyl (C=O) groups excluding carboxylic acids is 1. The quantitative estimate of drug-likeness (QED) is 0.768. The van der Waals surface area contributed by atoms with Crippen LogP contribution in [0.15, 0.2) is 18.2 Å². The maximum atomic E-state index is 12.3. The van der Waals surface area contributed by atoms with E-state index in [1.807, 2.05) is 4.90 Å². The molecule has 1 saturated heterocycles. The molecule has 0 N–H and O–H groups in total. The summed E-state index contributed by atoms with van der Waals surface area (Å²) < 4.78 is 0. The van der Waals surface area contributed by atoms with Crippen LogP contribution < -0.4 is 0 Å². The van der Waals surface area contributed by atoms with Crippen LogP contribution in [0.2, 0.25) is 5.15 Å². The number of amides is 1. The van der Waals surface area contributed by atoms with Gasteiger partial charge in [0.1, 0.15) is 10.8 Å². The highest BCUT2D eigenvalue weighted by atomic mass is 35.5. The second kappa shape index (κ2) is 5.67. The molecule has 1 aliphatic rings. The highest BCUT2D eigenvalue weighted by Crippen LogP contribution is 2.13. The zero-order valence-corrected chi connectivity index (χ0v) is 11.5. The minimum absolute atomic E-state index is 0.0277. The second-order valence-electron chi connectivity index (χ2n) is 4.57. The molecule has 98 valence electrons. The van der Waals surface area contributed by atoms with Gasteiger partial charge in [0.15, 0.2) is 0 Å². The molecule has 1 unspecified atom stereocenters.